The second-order valence-corrected chi connectivity index (χ2v) is 10.4. The van der Waals surface area contributed by atoms with E-state index in [0.717, 1.165) is 39.1 Å². The summed E-state index contributed by atoms with van der Waals surface area (Å²) in [5.41, 5.74) is 9.50. The third-order valence-corrected chi connectivity index (χ3v) is 7.61. The van der Waals surface area contributed by atoms with E-state index in [2.05, 4.69) is 63.1 Å². The van der Waals surface area contributed by atoms with Gasteiger partial charge in [-0.25, -0.2) is 13.1 Å². The molecule has 2 aromatic carbocycles. The van der Waals surface area contributed by atoms with Crippen LogP contribution in [0.5, 0.6) is 0 Å². The Bertz CT molecular complexity index is 935. The maximum Gasteiger partial charge on any atom is 0.211 e. The van der Waals surface area contributed by atoms with Crippen LogP contribution in [0.25, 0.3) is 0 Å². The van der Waals surface area contributed by atoms with E-state index in [9.17, 15) is 8.42 Å². The number of nitrogens with two attached hydrogens (primary N) is 1. The fourth-order valence-corrected chi connectivity index (χ4v) is 6.03. The first-order valence-corrected chi connectivity index (χ1v) is 12.4. The maximum absolute atomic E-state index is 12.4. The SMILES string of the molecule is NCCCS(=O)(=O)N[C@H]1C[C@H]2CN(Cc3ccccc3)Cc3ccccc3CN2C1. The van der Waals surface area contributed by atoms with Gasteiger partial charge in [-0.2, -0.15) is 0 Å². The van der Waals surface area contributed by atoms with E-state index in [-0.39, 0.29) is 11.8 Å². The molecule has 0 aliphatic carbocycles. The molecule has 30 heavy (non-hydrogen) atoms. The number of nitrogens with one attached hydrogen (secondary N) is 1. The van der Waals surface area contributed by atoms with Gasteiger partial charge in [0.15, 0.2) is 0 Å². The van der Waals surface area contributed by atoms with Crippen LogP contribution in [0.1, 0.15) is 29.5 Å². The number of hydrogen-bond acceptors (Lipinski definition) is 5. The third-order valence-electron chi connectivity index (χ3n) is 6.10. The lowest BCUT2D eigenvalue weighted by Crippen LogP contribution is -2.42. The summed E-state index contributed by atoms with van der Waals surface area (Å²) in [7, 11) is -3.28. The van der Waals surface area contributed by atoms with Gasteiger partial charge in [-0.15, -0.1) is 0 Å². The van der Waals surface area contributed by atoms with E-state index in [1.807, 2.05) is 6.07 Å². The van der Waals surface area contributed by atoms with Crippen LogP contribution in [0.2, 0.25) is 0 Å². The van der Waals surface area contributed by atoms with Gasteiger partial charge in [-0.1, -0.05) is 54.6 Å². The maximum atomic E-state index is 12.4. The summed E-state index contributed by atoms with van der Waals surface area (Å²) in [5.74, 6) is 0.105. The van der Waals surface area contributed by atoms with Crippen molar-refractivity contribution in [1.29, 1.82) is 0 Å². The molecule has 2 aliphatic rings. The normalized spacial score (nSPS) is 22.8. The number of sulfonamides is 1. The van der Waals surface area contributed by atoms with Crippen LogP contribution in [0.3, 0.4) is 0 Å². The second kappa shape index (κ2) is 9.58. The standard InChI is InChI=1S/C23H32N4O2S/c24-11-6-12-30(28,29)25-22-13-23-18-26(14-19-7-2-1-3-8-19)15-20-9-4-5-10-21(20)16-27(23)17-22/h1-5,7-10,22-23,25H,6,11-18,24H2/t22-,23-/m0/s1. The van der Waals surface area contributed by atoms with Crippen molar-refractivity contribution >= 4 is 10.0 Å². The van der Waals surface area contributed by atoms with Crippen LogP contribution in [0.4, 0.5) is 0 Å². The van der Waals surface area contributed by atoms with Crippen LogP contribution in [-0.4, -0.2) is 55.7 Å². The zero-order valence-electron chi connectivity index (χ0n) is 17.4. The highest BCUT2D eigenvalue weighted by Gasteiger charge is 2.36. The summed E-state index contributed by atoms with van der Waals surface area (Å²) in [5, 5.41) is 0. The van der Waals surface area contributed by atoms with Crippen LogP contribution in [0, 0.1) is 0 Å². The van der Waals surface area contributed by atoms with Gasteiger partial charge in [-0.05, 0) is 36.1 Å². The van der Waals surface area contributed by atoms with E-state index >= 15 is 0 Å². The molecule has 7 heteroatoms. The van der Waals surface area contributed by atoms with Crippen LogP contribution < -0.4 is 10.5 Å². The molecular formula is C23H32N4O2S. The minimum Gasteiger partial charge on any atom is -0.330 e. The first-order chi connectivity index (χ1) is 14.5. The predicted molar refractivity (Wildman–Crippen MR) is 120 cm³/mol. The molecule has 2 aromatic rings. The quantitative estimate of drug-likeness (QED) is 0.704. The van der Waals surface area contributed by atoms with Crippen LogP contribution in [0.15, 0.2) is 54.6 Å². The zero-order chi connectivity index (χ0) is 21.0. The highest BCUT2D eigenvalue weighted by molar-refractivity contribution is 7.89. The lowest BCUT2D eigenvalue weighted by atomic mass is 10.0. The fourth-order valence-electron chi connectivity index (χ4n) is 4.69. The Morgan fingerprint density at radius 3 is 2.40 bits per heavy atom. The molecule has 0 saturated carbocycles. The smallest absolute Gasteiger partial charge is 0.211 e. The van der Waals surface area contributed by atoms with Crippen molar-refractivity contribution in [2.45, 2.75) is 44.6 Å². The van der Waals surface area contributed by atoms with E-state index < -0.39 is 10.0 Å². The number of fused-ring (bicyclic) bond motifs is 2. The molecular weight excluding hydrogens is 396 g/mol. The molecule has 0 aromatic heterocycles. The van der Waals surface area contributed by atoms with Crippen molar-refractivity contribution in [2.75, 3.05) is 25.4 Å². The Kier molecular flexibility index (Phi) is 6.85. The van der Waals surface area contributed by atoms with Crippen molar-refractivity contribution in [1.82, 2.24) is 14.5 Å². The van der Waals surface area contributed by atoms with Gasteiger partial charge < -0.3 is 5.73 Å². The second-order valence-electron chi connectivity index (χ2n) is 8.52. The summed E-state index contributed by atoms with van der Waals surface area (Å²) in [6, 6.07) is 19.5. The molecule has 2 heterocycles. The fraction of sp³-hybridized carbons (Fsp3) is 0.478. The summed E-state index contributed by atoms with van der Waals surface area (Å²) in [4.78, 5) is 4.95. The van der Waals surface area contributed by atoms with Crippen molar-refractivity contribution in [3.63, 3.8) is 0 Å². The molecule has 6 nitrogen and oxygen atoms in total. The van der Waals surface area contributed by atoms with Gasteiger partial charge in [0.2, 0.25) is 10.0 Å². The number of rotatable bonds is 7. The molecule has 0 spiro atoms. The summed E-state index contributed by atoms with van der Waals surface area (Å²) < 4.78 is 27.7. The first-order valence-electron chi connectivity index (χ1n) is 10.8. The molecule has 0 amide bonds. The van der Waals surface area contributed by atoms with E-state index in [4.69, 9.17) is 5.73 Å². The minimum atomic E-state index is -3.28. The molecule has 4 rings (SSSR count). The minimum absolute atomic E-state index is 0.0402. The Labute approximate surface area is 180 Å². The average Bonchev–Trinajstić information content (AvgIpc) is 3.06. The van der Waals surface area contributed by atoms with Gasteiger partial charge in [0.25, 0.3) is 0 Å². The lowest BCUT2D eigenvalue weighted by molar-refractivity contribution is 0.145. The van der Waals surface area contributed by atoms with Crippen LogP contribution >= 0.6 is 0 Å². The molecule has 2 aliphatic heterocycles. The molecule has 0 bridgehead atoms. The van der Waals surface area contributed by atoms with Crippen molar-refractivity contribution < 1.29 is 8.42 Å². The van der Waals surface area contributed by atoms with Crippen molar-refractivity contribution in [3.05, 3.63) is 71.3 Å². The Morgan fingerprint density at radius 1 is 0.967 bits per heavy atom. The number of hydrogen-bond donors (Lipinski definition) is 2. The lowest BCUT2D eigenvalue weighted by Gasteiger charge is -2.34. The van der Waals surface area contributed by atoms with Gasteiger partial charge >= 0.3 is 0 Å². The molecule has 1 saturated heterocycles. The first kappa shape index (κ1) is 21.5. The summed E-state index contributed by atoms with van der Waals surface area (Å²) in [6.07, 6.45) is 1.34. The van der Waals surface area contributed by atoms with E-state index in [1.54, 1.807) is 0 Å². The number of nitrogens with zero attached hydrogens (tertiary/aromatic N) is 2. The van der Waals surface area contributed by atoms with Gasteiger partial charge in [-0.3, -0.25) is 9.80 Å². The third kappa shape index (κ3) is 5.47. The summed E-state index contributed by atoms with van der Waals surface area (Å²) >= 11 is 0. The van der Waals surface area contributed by atoms with Crippen LogP contribution in [-0.2, 0) is 29.7 Å². The Morgan fingerprint density at radius 2 is 1.67 bits per heavy atom. The molecule has 3 N–H and O–H groups in total. The molecule has 2 atom stereocenters. The molecule has 162 valence electrons. The van der Waals surface area contributed by atoms with E-state index in [0.29, 0.717) is 19.0 Å². The van der Waals surface area contributed by atoms with Crippen molar-refractivity contribution in [3.8, 4) is 0 Å². The molecule has 0 unspecified atom stereocenters. The van der Waals surface area contributed by atoms with Gasteiger partial charge in [0.1, 0.15) is 0 Å². The Balaban J connectivity index is 1.52. The predicted octanol–water partition coefficient (Wildman–Crippen LogP) is 1.91. The monoisotopic (exact) mass is 428 g/mol. The van der Waals surface area contributed by atoms with E-state index in [1.165, 1.54) is 16.7 Å². The highest BCUT2D eigenvalue weighted by atomic mass is 32.2. The topological polar surface area (TPSA) is 78.7 Å². The summed E-state index contributed by atoms with van der Waals surface area (Å²) in [6.45, 7) is 4.77. The zero-order valence-corrected chi connectivity index (χ0v) is 18.2. The Hall–Kier alpha value is -1.77. The molecule has 0 radical (unpaired) electrons. The van der Waals surface area contributed by atoms with Gasteiger partial charge in [0, 0.05) is 44.8 Å². The number of benzene rings is 2. The van der Waals surface area contributed by atoms with Gasteiger partial charge in [0.05, 0.1) is 5.75 Å². The highest BCUT2D eigenvalue weighted by Crippen LogP contribution is 2.27. The largest absolute Gasteiger partial charge is 0.330 e. The molecule has 1 fully saturated rings. The van der Waals surface area contributed by atoms with Crippen molar-refractivity contribution in [2.24, 2.45) is 5.73 Å². The average molecular weight is 429 g/mol.